The van der Waals surface area contributed by atoms with Gasteiger partial charge in [-0.25, -0.2) is 0 Å². The molecule has 29 heavy (non-hydrogen) atoms. The lowest BCUT2D eigenvalue weighted by Crippen LogP contribution is -2.46. The van der Waals surface area contributed by atoms with Gasteiger partial charge in [-0.15, -0.1) is 11.3 Å². The molecule has 3 heterocycles. The summed E-state index contributed by atoms with van der Waals surface area (Å²) in [5.41, 5.74) is 4.49. The highest BCUT2D eigenvalue weighted by molar-refractivity contribution is 7.17. The van der Waals surface area contributed by atoms with Crippen molar-refractivity contribution in [2.75, 3.05) is 13.1 Å². The quantitative estimate of drug-likeness (QED) is 0.711. The van der Waals surface area contributed by atoms with Crippen LogP contribution in [0.1, 0.15) is 44.0 Å². The number of furan rings is 1. The van der Waals surface area contributed by atoms with Crippen molar-refractivity contribution in [3.05, 3.63) is 70.5 Å². The first-order valence-corrected chi connectivity index (χ1v) is 10.8. The second-order valence-corrected chi connectivity index (χ2v) is 8.73. The van der Waals surface area contributed by atoms with Crippen molar-refractivity contribution in [1.29, 1.82) is 0 Å². The fraction of sp³-hybridized carbons (Fsp3) is 0.304. The fourth-order valence-electron chi connectivity index (χ4n) is 4.24. The highest BCUT2D eigenvalue weighted by atomic mass is 32.1. The lowest BCUT2D eigenvalue weighted by Gasteiger charge is -2.32. The zero-order valence-electron chi connectivity index (χ0n) is 16.0. The normalized spacial score (nSPS) is 16.2. The number of hydrogen-bond acceptors (Lipinski definition) is 4. The van der Waals surface area contributed by atoms with Gasteiger partial charge in [-0.1, -0.05) is 24.3 Å². The largest absolute Gasteiger partial charge is 0.472 e. The second kappa shape index (κ2) is 7.52. The van der Waals surface area contributed by atoms with E-state index in [1.54, 1.807) is 17.4 Å². The maximum absolute atomic E-state index is 12.9. The number of nitrogens with one attached hydrogen (secondary N) is 1. The summed E-state index contributed by atoms with van der Waals surface area (Å²) in [4.78, 5) is 29.1. The predicted molar refractivity (Wildman–Crippen MR) is 112 cm³/mol. The number of benzene rings is 1. The van der Waals surface area contributed by atoms with Crippen LogP contribution in [0.5, 0.6) is 0 Å². The Morgan fingerprint density at radius 1 is 1.07 bits per heavy atom. The molecule has 2 aliphatic rings. The number of amides is 2. The van der Waals surface area contributed by atoms with Crippen LogP contribution in [-0.2, 0) is 12.8 Å². The molecule has 1 aliphatic carbocycles. The van der Waals surface area contributed by atoms with Gasteiger partial charge < -0.3 is 14.6 Å². The van der Waals surface area contributed by atoms with Gasteiger partial charge >= 0.3 is 0 Å². The summed E-state index contributed by atoms with van der Waals surface area (Å²) in [6.07, 6.45) is 6.55. The number of likely N-dealkylation sites (tertiary alicyclic amines) is 1. The van der Waals surface area contributed by atoms with Gasteiger partial charge in [0.15, 0.2) is 0 Å². The summed E-state index contributed by atoms with van der Waals surface area (Å²) in [6.45, 7) is 1.28. The second-order valence-electron chi connectivity index (χ2n) is 7.67. The molecule has 0 radical (unpaired) electrons. The number of nitrogens with zero attached hydrogens (tertiary/aromatic N) is 1. The van der Waals surface area contributed by atoms with Crippen molar-refractivity contribution in [3.8, 4) is 10.4 Å². The van der Waals surface area contributed by atoms with Crippen molar-refractivity contribution < 1.29 is 14.0 Å². The van der Waals surface area contributed by atoms with Crippen molar-refractivity contribution in [3.63, 3.8) is 0 Å². The van der Waals surface area contributed by atoms with Gasteiger partial charge in [0.2, 0.25) is 0 Å². The van der Waals surface area contributed by atoms with Crippen LogP contribution >= 0.6 is 11.3 Å². The number of hydrogen-bond donors (Lipinski definition) is 1. The number of aryl methyl sites for hydroxylation is 2. The number of carbonyl (C=O) groups excluding carboxylic acids is 2. The molecule has 1 saturated heterocycles. The Bertz CT molecular complexity index is 1050. The minimum Gasteiger partial charge on any atom is -0.472 e. The Balaban J connectivity index is 1.23. The zero-order valence-corrected chi connectivity index (χ0v) is 16.8. The van der Waals surface area contributed by atoms with E-state index in [0.29, 0.717) is 18.7 Å². The molecule has 0 spiro atoms. The van der Waals surface area contributed by atoms with E-state index in [1.165, 1.54) is 34.1 Å². The summed E-state index contributed by atoms with van der Waals surface area (Å²) in [7, 11) is 0. The molecule has 0 bridgehead atoms. The fourth-order valence-corrected chi connectivity index (χ4v) is 5.41. The van der Waals surface area contributed by atoms with E-state index >= 15 is 0 Å². The molecule has 5 rings (SSSR count). The third kappa shape index (κ3) is 3.49. The van der Waals surface area contributed by atoms with E-state index in [9.17, 15) is 9.59 Å². The van der Waals surface area contributed by atoms with Crippen LogP contribution in [0, 0.1) is 0 Å². The van der Waals surface area contributed by atoms with E-state index in [-0.39, 0.29) is 17.9 Å². The van der Waals surface area contributed by atoms with Crippen LogP contribution in [0.25, 0.3) is 10.4 Å². The van der Waals surface area contributed by atoms with E-state index < -0.39 is 0 Å². The Kier molecular flexibility index (Phi) is 4.72. The first-order valence-electron chi connectivity index (χ1n) is 10.0. The van der Waals surface area contributed by atoms with Crippen LogP contribution in [0.3, 0.4) is 0 Å². The van der Waals surface area contributed by atoms with Crippen molar-refractivity contribution in [2.24, 2.45) is 0 Å². The Morgan fingerprint density at radius 2 is 1.86 bits per heavy atom. The van der Waals surface area contributed by atoms with Gasteiger partial charge in [-0.2, -0.15) is 0 Å². The maximum Gasteiger partial charge on any atom is 0.261 e. The molecule has 1 aromatic carbocycles. The molecule has 0 atom stereocenters. The maximum atomic E-state index is 12.9. The Hall–Kier alpha value is -2.86. The molecule has 2 aromatic heterocycles. The van der Waals surface area contributed by atoms with E-state index in [0.717, 1.165) is 30.6 Å². The third-order valence-corrected chi connectivity index (χ3v) is 7.05. The first kappa shape index (κ1) is 18.2. The van der Waals surface area contributed by atoms with Crippen molar-refractivity contribution in [2.45, 2.75) is 31.7 Å². The molecule has 0 unspecified atom stereocenters. The van der Waals surface area contributed by atoms with Crippen LogP contribution in [0.2, 0.25) is 0 Å². The van der Waals surface area contributed by atoms with Gasteiger partial charge in [-0.3, -0.25) is 9.59 Å². The highest BCUT2D eigenvalue weighted by Gasteiger charge is 2.27. The van der Waals surface area contributed by atoms with Gasteiger partial charge in [0, 0.05) is 24.0 Å². The molecule has 6 heteroatoms. The monoisotopic (exact) mass is 406 g/mol. The summed E-state index contributed by atoms with van der Waals surface area (Å²) >= 11 is 1.59. The van der Waals surface area contributed by atoms with Crippen LogP contribution in [0.4, 0.5) is 0 Å². The highest BCUT2D eigenvalue weighted by Crippen LogP contribution is 2.39. The average Bonchev–Trinajstić information content (AvgIpc) is 3.44. The molecule has 148 valence electrons. The minimum absolute atomic E-state index is 0.00138. The van der Waals surface area contributed by atoms with Crippen molar-refractivity contribution in [1.82, 2.24) is 10.2 Å². The van der Waals surface area contributed by atoms with Gasteiger partial charge in [0.25, 0.3) is 11.8 Å². The molecule has 3 aromatic rings. The topological polar surface area (TPSA) is 62.6 Å². The Labute approximate surface area is 173 Å². The summed E-state index contributed by atoms with van der Waals surface area (Å²) in [6, 6.07) is 12.3. The van der Waals surface area contributed by atoms with E-state index in [4.69, 9.17) is 4.42 Å². The lowest BCUT2D eigenvalue weighted by molar-refractivity contribution is 0.0697. The summed E-state index contributed by atoms with van der Waals surface area (Å²) in [5.74, 6) is -0.00499. The molecule has 5 nitrogen and oxygen atoms in total. The van der Waals surface area contributed by atoms with Gasteiger partial charge in [0.05, 0.1) is 16.7 Å². The number of rotatable bonds is 3. The van der Waals surface area contributed by atoms with Gasteiger partial charge in [0.1, 0.15) is 6.26 Å². The molecule has 0 saturated carbocycles. The van der Waals surface area contributed by atoms with Gasteiger partial charge in [-0.05, 0) is 54.5 Å². The number of fused-ring (bicyclic) bond motifs is 3. The van der Waals surface area contributed by atoms with E-state index in [1.807, 2.05) is 4.90 Å². The molecule has 2 amide bonds. The summed E-state index contributed by atoms with van der Waals surface area (Å²) < 4.78 is 5.00. The minimum atomic E-state index is -0.00637. The standard InChI is InChI=1S/C23H22N2O3S/c26-22(20-13-16-6-5-15-3-1-2-4-19(15)21(16)29-20)24-18-7-10-25(11-8-18)23(27)17-9-12-28-14-17/h1-4,9,12-14,18H,5-8,10-11H2,(H,24,26). The summed E-state index contributed by atoms with van der Waals surface area (Å²) in [5, 5.41) is 3.18. The van der Waals surface area contributed by atoms with Crippen LogP contribution in [0.15, 0.2) is 53.3 Å². The third-order valence-electron chi connectivity index (χ3n) is 5.84. The van der Waals surface area contributed by atoms with Crippen LogP contribution < -0.4 is 5.32 Å². The lowest BCUT2D eigenvalue weighted by atomic mass is 9.91. The smallest absolute Gasteiger partial charge is 0.261 e. The molecular formula is C23H22N2O3S. The number of piperidine rings is 1. The number of thiophene rings is 1. The molecular weight excluding hydrogens is 384 g/mol. The first-order chi connectivity index (χ1) is 14.2. The van der Waals surface area contributed by atoms with Crippen LogP contribution in [-0.4, -0.2) is 35.8 Å². The molecule has 1 aliphatic heterocycles. The number of carbonyl (C=O) groups is 2. The molecule has 1 fully saturated rings. The Morgan fingerprint density at radius 3 is 2.66 bits per heavy atom. The predicted octanol–water partition coefficient (Wildman–Crippen LogP) is 4.14. The SMILES string of the molecule is O=C(NC1CCN(C(=O)c2ccoc2)CC1)c1cc2c(s1)-c1ccccc1CC2. The zero-order chi connectivity index (χ0) is 19.8. The molecule has 1 N–H and O–H groups in total. The average molecular weight is 407 g/mol. The van der Waals surface area contributed by atoms with Crippen molar-refractivity contribution >= 4 is 23.2 Å². The van der Waals surface area contributed by atoms with E-state index in [2.05, 4.69) is 35.6 Å².